The van der Waals surface area contributed by atoms with Crippen LogP contribution in [0, 0.1) is 5.92 Å². The molecule has 0 unspecified atom stereocenters. The number of aliphatic carboxylic acids is 1. The highest BCUT2D eigenvalue weighted by Gasteiger charge is 2.25. The molecule has 1 rings (SSSR count). The van der Waals surface area contributed by atoms with Crippen molar-refractivity contribution < 1.29 is 14.7 Å². The molecule has 0 aromatic carbocycles. The van der Waals surface area contributed by atoms with Gasteiger partial charge in [0.2, 0.25) is 0 Å². The third kappa shape index (κ3) is 4.39. The Labute approximate surface area is 108 Å². The molecule has 1 N–H and O–H groups in total. The molecule has 5 nitrogen and oxygen atoms in total. The average molecular weight is 254 g/mol. The molecule has 0 spiro atoms. The topological polar surface area (TPSA) is 60.9 Å². The SMILES string of the molecule is C=C(C)CN(C)C(=O)N1CCC(CC(=O)O)CC1. The molecule has 0 radical (unpaired) electrons. The van der Waals surface area contributed by atoms with E-state index >= 15 is 0 Å². The standard InChI is InChI=1S/C13H22N2O3/c1-10(2)9-14(3)13(18)15-6-4-11(5-7-15)8-12(16)17/h11H,1,4-9H2,2-3H3,(H,16,17). The van der Waals surface area contributed by atoms with E-state index in [2.05, 4.69) is 6.58 Å². The van der Waals surface area contributed by atoms with Gasteiger partial charge in [-0.3, -0.25) is 4.79 Å². The Morgan fingerprint density at radius 2 is 1.94 bits per heavy atom. The highest BCUT2D eigenvalue weighted by molar-refractivity contribution is 5.74. The molecule has 1 fully saturated rings. The van der Waals surface area contributed by atoms with Crippen molar-refractivity contribution in [1.82, 2.24) is 9.80 Å². The van der Waals surface area contributed by atoms with Gasteiger partial charge in [0.25, 0.3) is 0 Å². The normalized spacial score (nSPS) is 16.4. The Morgan fingerprint density at radius 1 is 1.39 bits per heavy atom. The Morgan fingerprint density at radius 3 is 2.39 bits per heavy atom. The maximum Gasteiger partial charge on any atom is 0.320 e. The van der Waals surface area contributed by atoms with Crippen molar-refractivity contribution in [3.8, 4) is 0 Å². The van der Waals surface area contributed by atoms with Crippen LogP contribution in [0.3, 0.4) is 0 Å². The van der Waals surface area contributed by atoms with Crippen LogP contribution in [0.5, 0.6) is 0 Å². The van der Waals surface area contributed by atoms with Crippen LogP contribution in [0.15, 0.2) is 12.2 Å². The van der Waals surface area contributed by atoms with Crippen LogP contribution in [0.2, 0.25) is 0 Å². The second kappa shape index (κ2) is 6.42. The molecule has 1 aliphatic rings. The average Bonchev–Trinajstić information content (AvgIpc) is 2.27. The number of carbonyl (C=O) groups is 2. The maximum absolute atomic E-state index is 12.1. The summed E-state index contributed by atoms with van der Waals surface area (Å²) in [4.78, 5) is 26.1. The van der Waals surface area contributed by atoms with E-state index in [-0.39, 0.29) is 18.4 Å². The Kier molecular flexibility index (Phi) is 5.19. The second-order valence-electron chi connectivity index (χ2n) is 5.12. The number of nitrogens with zero attached hydrogens (tertiary/aromatic N) is 2. The quantitative estimate of drug-likeness (QED) is 0.778. The summed E-state index contributed by atoms with van der Waals surface area (Å²) in [6.07, 6.45) is 1.77. The van der Waals surface area contributed by atoms with Crippen LogP contribution in [0.4, 0.5) is 4.79 Å². The first-order valence-corrected chi connectivity index (χ1v) is 6.26. The van der Waals surface area contributed by atoms with E-state index in [1.807, 2.05) is 6.92 Å². The van der Waals surface area contributed by atoms with E-state index in [4.69, 9.17) is 5.11 Å². The smallest absolute Gasteiger partial charge is 0.320 e. The highest BCUT2D eigenvalue weighted by atomic mass is 16.4. The summed E-state index contributed by atoms with van der Waals surface area (Å²) in [5.74, 6) is -0.544. The van der Waals surface area contributed by atoms with Gasteiger partial charge in [-0.25, -0.2) is 4.79 Å². The van der Waals surface area contributed by atoms with Gasteiger partial charge in [0.05, 0.1) is 0 Å². The molecule has 1 heterocycles. The van der Waals surface area contributed by atoms with Gasteiger partial charge < -0.3 is 14.9 Å². The number of carbonyl (C=O) groups excluding carboxylic acids is 1. The lowest BCUT2D eigenvalue weighted by Gasteiger charge is -2.34. The zero-order valence-corrected chi connectivity index (χ0v) is 11.2. The molecule has 1 aliphatic heterocycles. The Balaban J connectivity index is 2.40. The number of urea groups is 1. The van der Waals surface area contributed by atoms with Crippen LogP contribution in [-0.4, -0.2) is 53.6 Å². The second-order valence-corrected chi connectivity index (χ2v) is 5.12. The third-order valence-electron chi connectivity index (χ3n) is 3.18. The number of hydrogen-bond acceptors (Lipinski definition) is 2. The van der Waals surface area contributed by atoms with Crippen molar-refractivity contribution in [3.05, 3.63) is 12.2 Å². The van der Waals surface area contributed by atoms with Crippen LogP contribution in [-0.2, 0) is 4.79 Å². The molecular weight excluding hydrogens is 232 g/mol. The van der Waals surface area contributed by atoms with Gasteiger partial charge in [-0.05, 0) is 25.7 Å². The van der Waals surface area contributed by atoms with Gasteiger partial charge in [-0.1, -0.05) is 12.2 Å². The van der Waals surface area contributed by atoms with E-state index in [1.165, 1.54) is 0 Å². The van der Waals surface area contributed by atoms with Gasteiger partial charge in [0.1, 0.15) is 0 Å². The summed E-state index contributed by atoms with van der Waals surface area (Å²) in [6.45, 7) is 7.55. The highest BCUT2D eigenvalue weighted by Crippen LogP contribution is 2.21. The first-order chi connectivity index (χ1) is 8.40. The van der Waals surface area contributed by atoms with Crippen molar-refractivity contribution in [1.29, 1.82) is 0 Å². The van der Waals surface area contributed by atoms with Crippen molar-refractivity contribution in [3.63, 3.8) is 0 Å². The molecule has 0 aliphatic carbocycles. The van der Waals surface area contributed by atoms with E-state index in [0.29, 0.717) is 19.6 Å². The van der Waals surface area contributed by atoms with Gasteiger partial charge in [-0.15, -0.1) is 0 Å². The third-order valence-corrected chi connectivity index (χ3v) is 3.18. The maximum atomic E-state index is 12.1. The van der Waals surface area contributed by atoms with E-state index in [9.17, 15) is 9.59 Å². The first-order valence-electron chi connectivity index (χ1n) is 6.26. The molecule has 1 saturated heterocycles. The Bertz CT molecular complexity index is 333. The molecule has 0 aromatic heterocycles. The number of hydrogen-bond donors (Lipinski definition) is 1. The molecule has 0 atom stereocenters. The minimum Gasteiger partial charge on any atom is -0.481 e. The minimum absolute atomic E-state index is 0.00627. The molecular formula is C13H22N2O3. The number of carboxylic acids is 1. The lowest BCUT2D eigenvalue weighted by Crippen LogP contribution is -2.45. The molecule has 18 heavy (non-hydrogen) atoms. The van der Waals surface area contributed by atoms with Crippen LogP contribution in [0.1, 0.15) is 26.2 Å². The van der Waals surface area contributed by atoms with E-state index in [0.717, 1.165) is 18.4 Å². The summed E-state index contributed by atoms with van der Waals surface area (Å²) < 4.78 is 0. The van der Waals surface area contributed by atoms with Crippen molar-refractivity contribution in [2.45, 2.75) is 26.2 Å². The summed E-state index contributed by atoms with van der Waals surface area (Å²) in [7, 11) is 1.76. The fraction of sp³-hybridized carbons (Fsp3) is 0.692. The van der Waals surface area contributed by atoms with E-state index < -0.39 is 5.97 Å². The molecule has 0 bridgehead atoms. The molecule has 0 aromatic rings. The first kappa shape index (κ1) is 14.5. The lowest BCUT2D eigenvalue weighted by molar-refractivity contribution is -0.138. The summed E-state index contributed by atoms with van der Waals surface area (Å²) in [5, 5.41) is 8.73. The molecule has 0 saturated carbocycles. The zero-order valence-electron chi connectivity index (χ0n) is 11.2. The van der Waals surface area contributed by atoms with Crippen LogP contribution < -0.4 is 0 Å². The van der Waals surface area contributed by atoms with Gasteiger partial charge in [-0.2, -0.15) is 0 Å². The lowest BCUT2D eigenvalue weighted by atomic mass is 9.94. The zero-order chi connectivity index (χ0) is 13.7. The molecule has 102 valence electrons. The van der Waals surface area contributed by atoms with E-state index in [1.54, 1.807) is 16.8 Å². The number of amides is 2. The van der Waals surface area contributed by atoms with Gasteiger partial charge in [0.15, 0.2) is 0 Å². The fourth-order valence-electron chi connectivity index (χ4n) is 2.29. The largest absolute Gasteiger partial charge is 0.481 e. The summed E-state index contributed by atoms with van der Waals surface area (Å²) in [5.41, 5.74) is 0.951. The van der Waals surface area contributed by atoms with Gasteiger partial charge >= 0.3 is 12.0 Å². The fourth-order valence-corrected chi connectivity index (χ4v) is 2.29. The number of rotatable bonds is 4. The van der Waals surface area contributed by atoms with Crippen molar-refractivity contribution in [2.24, 2.45) is 5.92 Å². The molecule has 5 heteroatoms. The number of carboxylic acid groups (broad SMARTS) is 1. The monoisotopic (exact) mass is 254 g/mol. The van der Waals surface area contributed by atoms with Gasteiger partial charge in [0, 0.05) is 33.1 Å². The number of piperidine rings is 1. The Hall–Kier alpha value is -1.52. The number of likely N-dealkylation sites (N-methyl/N-ethyl adjacent to an activating group) is 1. The van der Waals surface area contributed by atoms with Crippen LogP contribution in [0.25, 0.3) is 0 Å². The van der Waals surface area contributed by atoms with Crippen molar-refractivity contribution >= 4 is 12.0 Å². The molecule has 2 amide bonds. The van der Waals surface area contributed by atoms with Crippen molar-refractivity contribution in [2.75, 3.05) is 26.7 Å². The minimum atomic E-state index is -0.751. The summed E-state index contributed by atoms with van der Waals surface area (Å²) >= 11 is 0. The van der Waals surface area contributed by atoms with Crippen LogP contribution >= 0.6 is 0 Å². The predicted octanol–water partition coefficient (Wildman–Crippen LogP) is 1.80. The predicted molar refractivity (Wildman–Crippen MR) is 69.4 cm³/mol. The summed E-state index contributed by atoms with van der Waals surface area (Å²) in [6, 6.07) is 0.00627. The number of likely N-dealkylation sites (tertiary alicyclic amines) is 1.